The summed E-state index contributed by atoms with van der Waals surface area (Å²) in [6.45, 7) is 5.23. The van der Waals surface area contributed by atoms with Crippen LogP contribution >= 0.6 is 11.6 Å². The number of benzene rings is 2. The predicted octanol–water partition coefficient (Wildman–Crippen LogP) is 5.14. The van der Waals surface area contributed by atoms with Gasteiger partial charge in [0, 0.05) is 0 Å². The summed E-state index contributed by atoms with van der Waals surface area (Å²) in [4.78, 5) is 8.45. The number of aryl methyl sites for hydroxylation is 2. The fourth-order valence-electron chi connectivity index (χ4n) is 2.73. The number of aromatic nitrogens is 2. The fraction of sp³-hybridized carbons (Fsp3) is 0.300. The van der Waals surface area contributed by atoms with Crippen LogP contribution < -0.4 is 9.47 Å². The SMILES string of the molecule is Cc1cc(C)c(OCCCCOc2ncnc3ccccc23)c(Cl)c1. The lowest BCUT2D eigenvalue weighted by molar-refractivity contribution is 0.262. The highest BCUT2D eigenvalue weighted by Crippen LogP contribution is 2.29. The van der Waals surface area contributed by atoms with E-state index in [1.54, 1.807) is 0 Å². The van der Waals surface area contributed by atoms with Crippen molar-refractivity contribution in [2.75, 3.05) is 13.2 Å². The third-order valence-corrected chi connectivity index (χ3v) is 4.18. The van der Waals surface area contributed by atoms with Crippen LogP contribution in [0.25, 0.3) is 10.9 Å². The molecule has 2 aromatic carbocycles. The molecule has 0 bridgehead atoms. The van der Waals surface area contributed by atoms with E-state index >= 15 is 0 Å². The number of halogens is 1. The highest BCUT2D eigenvalue weighted by atomic mass is 35.5. The fourth-order valence-corrected chi connectivity index (χ4v) is 3.10. The van der Waals surface area contributed by atoms with Gasteiger partial charge in [0.25, 0.3) is 0 Å². The van der Waals surface area contributed by atoms with E-state index in [1.165, 1.54) is 6.33 Å². The van der Waals surface area contributed by atoms with Crippen molar-refractivity contribution in [3.8, 4) is 11.6 Å². The topological polar surface area (TPSA) is 44.2 Å². The summed E-state index contributed by atoms with van der Waals surface area (Å²) in [6.07, 6.45) is 3.29. The second-order valence-electron chi connectivity index (χ2n) is 5.99. The van der Waals surface area contributed by atoms with Crippen LogP contribution in [0.1, 0.15) is 24.0 Å². The van der Waals surface area contributed by atoms with E-state index in [4.69, 9.17) is 21.1 Å². The van der Waals surface area contributed by atoms with Gasteiger partial charge in [0.2, 0.25) is 5.88 Å². The molecule has 5 heteroatoms. The Morgan fingerprint density at radius 3 is 2.52 bits per heavy atom. The summed E-state index contributed by atoms with van der Waals surface area (Å²) in [5, 5.41) is 1.60. The van der Waals surface area contributed by atoms with Gasteiger partial charge >= 0.3 is 0 Å². The van der Waals surface area contributed by atoms with Gasteiger partial charge in [0.05, 0.1) is 29.1 Å². The maximum Gasteiger partial charge on any atom is 0.224 e. The molecule has 4 nitrogen and oxygen atoms in total. The number of hydrogen-bond acceptors (Lipinski definition) is 4. The number of ether oxygens (including phenoxy) is 2. The van der Waals surface area contributed by atoms with Crippen molar-refractivity contribution < 1.29 is 9.47 Å². The average Bonchev–Trinajstić information content (AvgIpc) is 2.59. The van der Waals surface area contributed by atoms with Crippen LogP contribution in [0.4, 0.5) is 0 Å². The van der Waals surface area contributed by atoms with Crippen LogP contribution in [-0.4, -0.2) is 23.2 Å². The maximum absolute atomic E-state index is 6.25. The minimum Gasteiger partial charge on any atom is -0.492 e. The lowest BCUT2D eigenvalue weighted by Crippen LogP contribution is -2.05. The minimum atomic E-state index is 0.588. The molecule has 0 spiro atoms. The molecule has 0 N–H and O–H groups in total. The monoisotopic (exact) mass is 356 g/mol. The normalized spacial score (nSPS) is 10.8. The van der Waals surface area contributed by atoms with E-state index in [2.05, 4.69) is 16.0 Å². The van der Waals surface area contributed by atoms with Crippen molar-refractivity contribution in [1.82, 2.24) is 9.97 Å². The quantitative estimate of drug-likeness (QED) is 0.550. The largest absolute Gasteiger partial charge is 0.492 e. The van der Waals surface area contributed by atoms with E-state index in [1.807, 2.05) is 44.2 Å². The van der Waals surface area contributed by atoms with Crippen LogP contribution in [0, 0.1) is 13.8 Å². The third kappa shape index (κ3) is 4.40. The van der Waals surface area contributed by atoms with Gasteiger partial charge in [0.15, 0.2) is 0 Å². The van der Waals surface area contributed by atoms with E-state index in [9.17, 15) is 0 Å². The van der Waals surface area contributed by atoms with Crippen LogP contribution in [0.5, 0.6) is 11.6 Å². The van der Waals surface area contributed by atoms with Gasteiger partial charge in [-0.05, 0) is 56.0 Å². The molecule has 0 unspecified atom stereocenters. The van der Waals surface area contributed by atoms with Gasteiger partial charge in [0.1, 0.15) is 12.1 Å². The predicted molar refractivity (Wildman–Crippen MR) is 101 cm³/mol. The summed E-state index contributed by atoms with van der Waals surface area (Å²) >= 11 is 6.25. The first kappa shape index (κ1) is 17.5. The molecule has 3 rings (SSSR count). The molecule has 0 aliphatic heterocycles. The Morgan fingerprint density at radius 1 is 0.960 bits per heavy atom. The van der Waals surface area contributed by atoms with Crippen LogP contribution in [0.2, 0.25) is 5.02 Å². The second-order valence-corrected chi connectivity index (χ2v) is 6.40. The Hall–Kier alpha value is -2.33. The summed E-state index contributed by atoms with van der Waals surface area (Å²) in [7, 11) is 0. The summed E-state index contributed by atoms with van der Waals surface area (Å²) in [5.41, 5.74) is 3.09. The molecular formula is C20H21ClN2O2. The average molecular weight is 357 g/mol. The Bertz CT molecular complexity index is 839. The zero-order valence-corrected chi connectivity index (χ0v) is 15.2. The molecule has 0 fully saturated rings. The van der Waals surface area contributed by atoms with Crippen molar-refractivity contribution in [3.63, 3.8) is 0 Å². The molecule has 1 heterocycles. The molecule has 25 heavy (non-hydrogen) atoms. The third-order valence-electron chi connectivity index (χ3n) is 3.90. The van der Waals surface area contributed by atoms with Crippen LogP contribution in [0.15, 0.2) is 42.7 Å². The van der Waals surface area contributed by atoms with E-state index in [-0.39, 0.29) is 0 Å². The number of hydrogen-bond donors (Lipinski definition) is 0. The zero-order valence-electron chi connectivity index (χ0n) is 14.5. The maximum atomic E-state index is 6.25. The highest BCUT2D eigenvalue weighted by molar-refractivity contribution is 6.32. The number of para-hydroxylation sites is 1. The van der Waals surface area contributed by atoms with Gasteiger partial charge in [-0.3, -0.25) is 0 Å². The smallest absolute Gasteiger partial charge is 0.224 e. The van der Waals surface area contributed by atoms with Crippen LogP contribution in [0.3, 0.4) is 0 Å². The van der Waals surface area contributed by atoms with Gasteiger partial charge in [-0.2, -0.15) is 0 Å². The highest BCUT2D eigenvalue weighted by Gasteiger charge is 2.07. The summed E-state index contributed by atoms with van der Waals surface area (Å²) in [5.74, 6) is 1.40. The standard InChI is InChI=1S/C20H21ClN2O2/c1-14-11-15(2)19(17(21)12-14)24-9-5-6-10-25-20-16-7-3-4-8-18(16)22-13-23-20/h3-4,7-8,11-13H,5-6,9-10H2,1-2H3. The lowest BCUT2D eigenvalue weighted by Gasteiger charge is -2.12. The van der Waals surface area contributed by atoms with Crippen LogP contribution in [-0.2, 0) is 0 Å². The number of rotatable bonds is 7. The van der Waals surface area contributed by atoms with E-state index in [0.29, 0.717) is 24.1 Å². The molecule has 0 radical (unpaired) electrons. The van der Waals surface area contributed by atoms with E-state index in [0.717, 1.165) is 40.6 Å². The van der Waals surface area contributed by atoms with Crippen molar-refractivity contribution in [2.45, 2.75) is 26.7 Å². The first-order valence-electron chi connectivity index (χ1n) is 8.37. The van der Waals surface area contributed by atoms with Gasteiger partial charge < -0.3 is 9.47 Å². The molecule has 0 saturated carbocycles. The van der Waals surface area contributed by atoms with Crippen molar-refractivity contribution in [2.24, 2.45) is 0 Å². The molecule has 0 saturated heterocycles. The summed E-state index contributed by atoms with van der Waals surface area (Å²) < 4.78 is 11.6. The van der Waals surface area contributed by atoms with Gasteiger partial charge in [-0.1, -0.05) is 29.8 Å². The molecule has 0 aliphatic carbocycles. The Kier molecular flexibility index (Phi) is 5.71. The molecule has 3 aromatic rings. The Balaban J connectivity index is 1.46. The number of nitrogens with zero attached hydrogens (tertiary/aromatic N) is 2. The first-order valence-corrected chi connectivity index (χ1v) is 8.75. The second kappa shape index (κ2) is 8.17. The van der Waals surface area contributed by atoms with Crippen molar-refractivity contribution in [1.29, 1.82) is 0 Å². The summed E-state index contributed by atoms with van der Waals surface area (Å²) in [6, 6.07) is 11.8. The minimum absolute atomic E-state index is 0.588. The van der Waals surface area contributed by atoms with Crippen molar-refractivity contribution in [3.05, 3.63) is 58.9 Å². The molecule has 130 valence electrons. The first-order chi connectivity index (χ1) is 12.1. The molecule has 0 atom stereocenters. The van der Waals surface area contributed by atoms with Crippen molar-refractivity contribution >= 4 is 22.5 Å². The molecule has 0 amide bonds. The molecule has 1 aromatic heterocycles. The lowest BCUT2D eigenvalue weighted by atomic mass is 10.1. The van der Waals surface area contributed by atoms with E-state index < -0.39 is 0 Å². The van der Waals surface area contributed by atoms with Gasteiger partial charge in [-0.15, -0.1) is 0 Å². The number of fused-ring (bicyclic) bond motifs is 1. The van der Waals surface area contributed by atoms with Gasteiger partial charge in [-0.25, -0.2) is 9.97 Å². The number of unbranched alkanes of at least 4 members (excludes halogenated alkanes) is 1. The molecule has 0 aliphatic rings. The molecular weight excluding hydrogens is 336 g/mol. The Morgan fingerprint density at radius 2 is 1.72 bits per heavy atom. The Labute approximate surface area is 152 Å². The zero-order chi connectivity index (χ0) is 17.6.